The second-order valence-electron chi connectivity index (χ2n) is 9.86. The highest BCUT2D eigenvalue weighted by Gasteiger charge is 2.32. The number of rotatable bonds is 6. The van der Waals surface area contributed by atoms with E-state index in [2.05, 4.69) is 45.6 Å². The summed E-state index contributed by atoms with van der Waals surface area (Å²) in [4.78, 5) is 31.4. The number of fused-ring (bicyclic) bond motifs is 1. The highest BCUT2D eigenvalue weighted by atomic mass is 127. The summed E-state index contributed by atoms with van der Waals surface area (Å²) in [6.07, 6.45) is 4.61. The molecule has 0 bridgehead atoms. The van der Waals surface area contributed by atoms with Gasteiger partial charge in [-0.05, 0) is 122 Å². The van der Waals surface area contributed by atoms with Crippen LogP contribution in [-0.2, 0) is 16.6 Å². The predicted octanol–water partition coefficient (Wildman–Crippen LogP) is 5.47. The number of pyridine rings is 1. The van der Waals surface area contributed by atoms with Crippen molar-refractivity contribution in [2.24, 2.45) is 13.0 Å². The number of nitrogens with zero attached hydrogens (tertiary/aromatic N) is 4. The third-order valence-corrected chi connectivity index (χ3v) is 8.30. The summed E-state index contributed by atoms with van der Waals surface area (Å²) < 4.78 is 9.09. The Labute approximate surface area is 229 Å². The minimum atomic E-state index is -0.787. The van der Waals surface area contributed by atoms with Gasteiger partial charge in [0.2, 0.25) is 0 Å². The lowest BCUT2D eigenvalue weighted by Gasteiger charge is -2.26. The number of hydrogen-bond acceptors (Lipinski definition) is 5. The van der Waals surface area contributed by atoms with E-state index in [1.165, 1.54) is 0 Å². The van der Waals surface area contributed by atoms with Crippen molar-refractivity contribution in [1.29, 1.82) is 0 Å². The molecule has 3 aromatic rings. The fraction of sp³-hybridized carbons (Fsp3) is 0.429. The lowest BCUT2D eigenvalue weighted by molar-refractivity contribution is -0.143. The minimum Gasteiger partial charge on any atom is -0.481 e. The van der Waals surface area contributed by atoms with Crippen molar-refractivity contribution in [3.05, 3.63) is 39.0 Å². The molecule has 1 N–H and O–H groups in total. The van der Waals surface area contributed by atoms with Crippen LogP contribution in [0, 0.1) is 28.3 Å². The van der Waals surface area contributed by atoms with E-state index in [1.807, 2.05) is 32.2 Å². The molecule has 192 valence electrons. The molecule has 1 amide bonds. The summed E-state index contributed by atoms with van der Waals surface area (Å²) in [5.41, 5.74) is 4.32. The van der Waals surface area contributed by atoms with E-state index in [0.29, 0.717) is 36.0 Å². The largest absolute Gasteiger partial charge is 0.481 e. The van der Waals surface area contributed by atoms with Gasteiger partial charge in [0.05, 0.1) is 17.1 Å². The molecule has 2 saturated carbocycles. The van der Waals surface area contributed by atoms with Crippen LogP contribution in [0.3, 0.4) is 0 Å². The van der Waals surface area contributed by atoms with Gasteiger partial charge >= 0.3 is 11.9 Å². The number of carboxylic acid groups (broad SMARTS) is 1. The Kier molecular flexibility index (Phi) is 7.12. The number of amides is 1. The molecule has 0 spiro atoms. The molecule has 2 fully saturated rings. The van der Waals surface area contributed by atoms with Crippen LogP contribution in [0.1, 0.15) is 62.5 Å². The van der Waals surface area contributed by atoms with Crippen LogP contribution >= 0.6 is 22.6 Å². The van der Waals surface area contributed by atoms with E-state index in [-0.39, 0.29) is 12.0 Å². The zero-order valence-electron chi connectivity index (χ0n) is 21.1. The Bertz CT molecular complexity index is 1450. The Morgan fingerprint density at radius 1 is 1.22 bits per heavy atom. The van der Waals surface area contributed by atoms with Gasteiger partial charge in [-0.15, -0.1) is 5.10 Å². The molecule has 2 aliphatic rings. The Morgan fingerprint density at radius 3 is 2.70 bits per heavy atom. The second kappa shape index (κ2) is 10.3. The number of carboxylic acids is 1. The van der Waals surface area contributed by atoms with E-state index in [0.717, 1.165) is 51.6 Å². The SMILES string of the molecule is CC#CC(=O)N(c1ccc2c(n1)c(O[C@H]1CCC[C@@H](C(=O)O)C1)nn2C)c1cc(C)c(I)cc1C1CC1. The number of benzene rings is 1. The van der Waals surface area contributed by atoms with Gasteiger partial charge in [-0.25, -0.2) is 4.98 Å². The van der Waals surface area contributed by atoms with Gasteiger partial charge in [0.15, 0.2) is 5.52 Å². The summed E-state index contributed by atoms with van der Waals surface area (Å²) in [6.45, 7) is 3.68. The first-order valence-electron chi connectivity index (χ1n) is 12.6. The van der Waals surface area contributed by atoms with Gasteiger partial charge in [-0.1, -0.05) is 5.92 Å². The van der Waals surface area contributed by atoms with Crippen LogP contribution in [-0.4, -0.2) is 37.9 Å². The molecule has 2 aromatic heterocycles. The lowest BCUT2D eigenvalue weighted by Crippen LogP contribution is -2.29. The summed E-state index contributed by atoms with van der Waals surface area (Å²) in [5, 5.41) is 14.0. The van der Waals surface area contributed by atoms with Gasteiger partial charge in [-0.2, -0.15) is 0 Å². The van der Waals surface area contributed by atoms with Crippen molar-refractivity contribution in [3.8, 4) is 17.7 Å². The number of halogens is 1. The number of aliphatic carboxylic acids is 1. The van der Waals surface area contributed by atoms with E-state index >= 15 is 0 Å². The van der Waals surface area contributed by atoms with Gasteiger partial charge in [-0.3, -0.25) is 19.2 Å². The van der Waals surface area contributed by atoms with E-state index in [4.69, 9.17) is 9.72 Å². The van der Waals surface area contributed by atoms with Crippen LogP contribution in [0.5, 0.6) is 5.88 Å². The molecule has 5 rings (SSSR count). The number of hydrogen-bond donors (Lipinski definition) is 1. The molecule has 2 heterocycles. The average molecular weight is 612 g/mol. The molecule has 0 unspecified atom stereocenters. The van der Waals surface area contributed by atoms with Crippen LogP contribution in [0.4, 0.5) is 11.5 Å². The smallest absolute Gasteiger partial charge is 0.308 e. The van der Waals surface area contributed by atoms with Crippen molar-refractivity contribution < 1.29 is 19.4 Å². The highest BCUT2D eigenvalue weighted by Crippen LogP contribution is 2.47. The molecule has 8 nitrogen and oxygen atoms in total. The first-order valence-corrected chi connectivity index (χ1v) is 13.6. The second-order valence-corrected chi connectivity index (χ2v) is 11.0. The van der Waals surface area contributed by atoms with Crippen molar-refractivity contribution in [2.75, 3.05) is 4.90 Å². The Balaban J connectivity index is 1.58. The minimum absolute atomic E-state index is 0.248. The maximum Gasteiger partial charge on any atom is 0.308 e. The van der Waals surface area contributed by atoms with Crippen LogP contribution in [0.15, 0.2) is 24.3 Å². The molecule has 1 aromatic carbocycles. The molecule has 2 atom stereocenters. The monoisotopic (exact) mass is 612 g/mol. The number of ether oxygens (including phenoxy) is 1. The van der Waals surface area contributed by atoms with Crippen molar-refractivity contribution in [2.45, 2.75) is 64.4 Å². The van der Waals surface area contributed by atoms with Gasteiger partial charge in [0, 0.05) is 10.6 Å². The molecule has 37 heavy (non-hydrogen) atoms. The van der Waals surface area contributed by atoms with Crippen LogP contribution in [0.25, 0.3) is 11.0 Å². The summed E-state index contributed by atoms with van der Waals surface area (Å²) in [7, 11) is 1.82. The van der Waals surface area contributed by atoms with Gasteiger partial charge < -0.3 is 9.84 Å². The molecule has 2 aliphatic carbocycles. The number of aromatic nitrogens is 3. The van der Waals surface area contributed by atoms with Crippen molar-refractivity contribution >= 4 is 57.0 Å². The summed E-state index contributed by atoms with van der Waals surface area (Å²) in [6, 6.07) is 7.91. The standard InChI is InChI=1S/C28H29IN4O4/c1-4-6-25(34)33(23-13-16(2)21(29)15-20(23)17-9-10-17)24-12-11-22-26(30-24)27(31-32(22)3)37-19-8-5-7-18(14-19)28(35)36/h11-13,15,17-19H,5,7-10,14H2,1-3H3,(H,35,36)/t18-,19+/m1/s1. The van der Waals surface area contributed by atoms with Gasteiger partial charge in [0.1, 0.15) is 11.9 Å². The third-order valence-electron chi connectivity index (χ3n) is 7.14. The molecule has 0 radical (unpaired) electrons. The van der Waals surface area contributed by atoms with E-state index < -0.39 is 11.9 Å². The Hall–Kier alpha value is -3.13. The normalized spacial score (nSPS) is 19.2. The third kappa shape index (κ3) is 5.17. The summed E-state index contributed by atoms with van der Waals surface area (Å²) >= 11 is 2.34. The van der Waals surface area contributed by atoms with Crippen LogP contribution < -0.4 is 9.64 Å². The number of anilines is 2. The lowest BCUT2D eigenvalue weighted by atomic mass is 9.87. The first kappa shape index (κ1) is 25.5. The topological polar surface area (TPSA) is 97.6 Å². The zero-order valence-corrected chi connectivity index (χ0v) is 23.3. The van der Waals surface area contributed by atoms with Crippen molar-refractivity contribution in [1.82, 2.24) is 14.8 Å². The average Bonchev–Trinajstić information content (AvgIpc) is 3.67. The molecular formula is C28H29IN4O4. The number of carbonyl (C=O) groups is 2. The Morgan fingerprint density at radius 2 is 2.00 bits per heavy atom. The number of aryl methyl sites for hydroxylation is 2. The molecule has 0 aliphatic heterocycles. The van der Waals surface area contributed by atoms with E-state index in [9.17, 15) is 14.7 Å². The summed E-state index contributed by atoms with van der Waals surface area (Å²) in [5.74, 6) is 5.11. The predicted molar refractivity (Wildman–Crippen MR) is 149 cm³/mol. The van der Waals surface area contributed by atoms with E-state index in [1.54, 1.807) is 16.5 Å². The number of carbonyl (C=O) groups excluding carboxylic acids is 1. The maximum atomic E-state index is 13.4. The van der Waals surface area contributed by atoms with Crippen molar-refractivity contribution in [3.63, 3.8) is 0 Å². The first-order chi connectivity index (χ1) is 17.8. The highest BCUT2D eigenvalue weighted by molar-refractivity contribution is 14.1. The fourth-order valence-corrected chi connectivity index (χ4v) is 5.52. The quantitative estimate of drug-likeness (QED) is 0.293. The molecule has 9 heteroatoms. The fourth-order valence-electron chi connectivity index (χ4n) is 5.03. The van der Waals surface area contributed by atoms with Crippen LogP contribution in [0.2, 0.25) is 0 Å². The van der Waals surface area contributed by atoms with Gasteiger partial charge in [0.25, 0.3) is 5.88 Å². The molecular weight excluding hydrogens is 583 g/mol. The maximum absolute atomic E-state index is 13.4. The molecule has 0 saturated heterocycles. The zero-order chi connectivity index (χ0) is 26.3.